The number of rotatable bonds is 4. The maximum atomic E-state index is 8.78. The molecule has 0 saturated heterocycles. The van der Waals surface area contributed by atoms with Crippen molar-refractivity contribution in [1.82, 2.24) is 15.0 Å². The molecule has 4 nitrogen and oxygen atoms in total. The molecule has 0 spiro atoms. The van der Waals surface area contributed by atoms with Crippen LogP contribution in [-0.4, -0.2) is 15.0 Å². The van der Waals surface area contributed by atoms with E-state index in [1.165, 1.54) is 0 Å². The zero-order valence-corrected chi connectivity index (χ0v) is 10.2. The van der Waals surface area contributed by atoms with Crippen molar-refractivity contribution in [2.75, 3.05) is 0 Å². The largest absolute Gasteiger partial charge is 0.251 e. The predicted octanol–water partition coefficient (Wildman–Crippen LogP) is 2.70. The molecule has 0 N–H and O–H groups in total. The summed E-state index contributed by atoms with van der Waals surface area (Å²) in [6, 6.07) is 6.32. The Bertz CT molecular complexity index is 545. The molecule has 17 heavy (non-hydrogen) atoms. The highest BCUT2D eigenvalue weighted by Crippen LogP contribution is 2.49. The highest BCUT2D eigenvalue weighted by molar-refractivity contribution is 7.13. The van der Waals surface area contributed by atoms with Gasteiger partial charge in [-0.2, -0.15) is 5.26 Å². The number of nitriles is 1. The van der Waals surface area contributed by atoms with Crippen LogP contribution in [0.2, 0.25) is 0 Å². The van der Waals surface area contributed by atoms with Crippen LogP contribution in [0.25, 0.3) is 10.6 Å². The second-order valence-electron chi connectivity index (χ2n) is 4.61. The predicted molar refractivity (Wildman–Crippen MR) is 65.2 cm³/mol. The maximum Gasteiger partial charge on any atom is 0.122 e. The van der Waals surface area contributed by atoms with Crippen molar-refractivity contribution in [3.63, 3.8) is 0 Å². The first-order chi connectivity index (χ1) is 8.31. The van der Waals surface area contributed by atoms with Crippen molar-refractivity contribution in [2.24, 2.45) is 5.41 Å². The van der Waals surface area contributed by atoms with E-state index in [2.05, 4.69) is 16.4 Å². The van der Waals surface area contributed by atoms with Crippen molar-refractivity contribution in [3.8, 4) is 16.6 Å². The van der Waals surface area contributed by atoms with E-state index in [1.54, 1.807) is 11.3 Å². The Morgan fingerprint density at radius 3 is 3.06 bits per heavy atom. The first-order valence-corrected chi connectivity index (χ1v) is 6.50. The van der Waals surface area contributed by atoms with Crippen LogP contribution in [0.5, 0.6) is 0 Å². The Hall–Kier alpha value is -1.67. The molecule has 0 atom stereocenters. The van der Waals surface area contributed by atoms with Crippen LogP contribution < -0.4 is 0 Å². The molecular weight excluding hydrogens is 232 g/mol. The molecule has 0 amide bonds. The third-order valence-corrected chi connectivity index (χ3v) is 4.11. The van der Waals surface area contributed by atoms with Crippen LogP contribution in [0.1, 0.15) is 19.3 Å². The zero-order chi connectivity index (χ0) is 11.7. The van der Waals surface area contributed by atoms with Gasteiger partial charge in [-0.3, -0.25) is 4.68 Å². The molecule has 0 radical (unpaired) electrons. The molecule has 2 aromatic rings. The molecule has 5 heteroatoms. The molecule has 86 valence electrons. The van der Waals surface area contributed by atoms with Gasteiger partial charge in [-0.1, -0.05) is 11.3 Å². The van der Waals surface area contributed by atoms with Gasteiger partial charge in [0.05, 0.1) is 17.1 Å². The van der Waals surface area contributed by atoms with E-state index in [0.717, 1.165) is 30.0 Å². The lowest BCUT2D eigenvalue weighted by molar-refractivity contribution is 0.398. The van der Waals surface area contributed by atoms with Crippen LogP contribution in [0.4, 0.5) is 0 Å². The molecule has 1 fully saturated rings. The Morgan fingerprint density at radius 1 is 1.53 bits per heavy atom. The molecule has 0 aliphatic heterocycles. The van der Waals surface area contributed by atoms with Gasteiger partial charge in [-0.15, -0.1) is 16.4 Å². The summed E-state index contributed by atoms with van der Waals surface area (Å²) < 4.78 is 1.87. The van der Waals surface area contributed by atoms with Gasteiger partial charge >= 0.3 is 0 Å². The zero-order valence-electron chi connectivity index (χ0n) is 9.33. The minimum Gasteiger partial charge on any atom is -0.251 e. The molecule has 0 aromatic carbocycles. The van der Waals surface area contributed by atoms with Crippen molar-refractivity contribution in [2.45, 2.75) is 25.8 Å². The normalized spacial score (nSPS) is 16.6. The lowest BCUT2D eigenvalue weighted by Crippen LogP contribution is -2.11. The van der Waals surface area contributed by atoms with E-state index >= 15 is 0 Å². The molecule has 0 unspecified atom stereocenters. The number of aromatic nitrogens is 3. The highest BCUT2D eigenvalue weighted by Gasteiger charge is 2.43. The average molecular weight is 244 g/mol. The summed E-state index contributed by atoms with van der Waals surface area (Å²) in [5, 5.41) is 19.1. The van der Waals surface area contributed by atoms with Gasteiger partial charge in [-0.25, -0.2) is 0 Å². The Labute approximate surface area is 104 Å². The molecular formula is C12H12N4S. The van der Waals surface area contributed by atoms with E-state index in [4.69, 9.17) is 5.26 Å². The second-order valence-corrected chi connectivity index (χ2v) is 5.56. The highest BCUT2D eigenvalue weighted by atomic mass is 32.1. The maximum absolute atomic E-state index is 8.78. The molecule has 2 heterocycles. The van der Waals surface area contributed by atoms with Gasteiger partial charge in [0.2, 0.25) is 0 Å². The standard InChI is InChI=1S/C12H12N4S/c13-6-5-12(3-4-12)9-16-8-10(14-15-16)11-2-1-7-17-11/h1-2,7-8H,3-5,9H2. The van der Waals surface area contributed by atoms with Crippen LogP contribution in [-0.2, 0) is 6.54 Å². The average Bonchev–Trinajstić information content (AvgIpc) is 2.78. The first-order valence-electron chi connectivity index (χ1n) is 5.62. The van der Waals surface area contributed by atoms with Crippen molar-refractivity contribution in [3.05, 3.63) is 23.7 Å². The van der Waals surface area contributed by atoms with Gasteiger partial charge in [0.15, 0.2) is 0 Å². The molecule has 1 aliphatic carbocycles. The lowest BCUT2D eigenvalue weighted by atomic mass is 10.0. The Balaban J connectivity index is 1.76. The number of hydrogen-bond donors (Lipinski definition) is 0. The topological polar surface area (TPSA) is 54.5 Å². The first kappa shape index (κ1) is 10.5. The molecule has 1 aliphatic rings. The Kier molecular flexibility index (Phi) is 2.45. The smallest absolute Gasteiger partial charge is 0.122 e. The molecule has 3 rings (SSSR count). The van der Waals surface area contributed by atoms with E-state index < -0.39 is 0 Å². The van der Waals surface area contributed by atoms with Crippen LogP contribution in [0, 0.1) is 16.7 Å². The van der Waals surface area contributed by atoms with Crippen molar-refractivity contribution in [1.29, 1.82) is 5.26 Å². The minimum absolute atomic E-state index is 0.176. The summed E-state index contributed by atoms with van der Waals surface area (Å²) in [5.41, 5.74) is 1.10. The fourth-order valence-electron chi connectivity index (χ4n) is 1.99. The lowest BCUT2D eigenvalue weighted by Gasteiger charge is -2.09. The molecule has 2 aromatic heterocycles. The van der Waals surface area contributed by atoms with E-state index in [0.29, 0.717) is 6.42 Å². The second kappa shape index (κ2) is 3.97. The summed E-state index contributed by atoms with van der Waals surface area (Å²) in [5.74, 6) is 0. The van der Waals surface area contributed by atoms with E-state index in [9.17, 15) is 0 Å². The van der Waals surface area contributed by atoms with Gasteiger partial charge < -0.3 is 0 Å². The quantitative estimate of drug-likeness (QED) is 0.831. The SMILES string of the molecule is N#CCC1(Cn2cc(-c3cccs3)nn2)CC1. The summed E-state index contributed by atoms with van der Waals surface area (Å²) in [4.78, 5) is 1.14. The molecule has 0 bridgehead atoms. The fourth-order valence-corrected chi connectivity index (χ4v) is 2.67. The fraction of sp³-hybridized carbons (Fsp3) is 0.417. The number of thiophene rings is 1. The van der Waals surface area contributed by atoms with Gasteiger partial charge in [0, 0.05) is 18.4 Å². The van der Waals surface area contributed by atoms with Crippen LogP contribution >= 0.6 is 11.3 Å². The number of hydrogen-bond acceptors (Lipinski definition) is 4. The van der Waals surface area contributed by atoms with E-state index in [-0.39, 0.29) is 5.41 Å². The summed E-state index contributed by atoms with van der Waals surface area (Å²) in [7, 11) is 0. The molecule has 1 saturated carbocycles. The summed E-state index contributed by atoms with van der Waals surface area (Å²) >= 11 is 1.67. The van der Waals surface area contributed by atoms with Gasteiger partial charge in [0.25, 0.3) is 0 Å². The third kappa shape index (κ3) is 2.08. The van der Waals surface area contributed by atoms with E-state index in [1.807, 2.05) is 28.4 Å². The van der Waals surface area contributed by atoms with Crippen molar-refractivity contribution < 1.29 is 0 Å². The third-order valence-electron chi connectivity index (χ3n) is 3.22. The van der Waals surface area contributed by atoms with Crippen LogP contribution in [0.3, 0.4) is 0 Å². The monoisotopic (exact) mass is 244 g/mol. The minimum atomic E-state index is 0.176. The van der Waals surface area contributed by atoms with Gasteiger partial charge in [-0.05, 0) is 24.3 Å². The van der Waals surface area contributed by atoms with Crippen molar-refractivity contribution >= 4 is 11.3 Å². The number of nitrogens with zero attached hydrogens (tertiary/aromatic N) is 4. The summed E-state index contributed by atoms with van der Waals surface area (Å²) in [6.45, 7) is 0.818. The Morgan fingerprint density at radius 2 is 2.41 bits per heavy atom. The summed E-state index contributed by atoms with van der Waals surface area (Å²) in [6.07, 6.45) is 4.87. The van der Waals surface area contributed by atoms with Crippen LogP contribution in [0.15, 0.2) is 23.7 Å². The van der Waals surface area contributed by atoms with Gasteiger partial charge in [0.1, 0.15) is 5.69 Å².